The predicted octanol–water partition coefficient (Wildman–Crippen LogP) is 4.92. The molecular weight excluding hydrogens is 339 g/mol. The molecule has 1 aliphatic carbocycles. The average molecular weight is 358 g/mol. The third-order valence-corrected chi connectivity index (χ3v) is 5.51. The highest BCUT2D eigenvalue weighted by molar-refractivity contribution is 6.03. The fraction of sp³-hybridized carbons (Fsp3) is 0.261. The number of Topliss-reactive ketones (excluding diaryl/α,β-unsaturated/α-hetero) is 1. The van der Waals surface area contributed by atoms with Gasteiger partial charge in [0.15, 0.2) is 5.78 Å². The van der Waals surface area contributed by atoms with Crippen LogP contribution >= 0.6 is 0 Å². The molecule has 1 heterocycles. The highest BCUT2D eigenvalue weighted by Crippen LogP contribution is 2.46. The van der Waals surface area contributed by atoms with Crippen molar-refractivity contribution in [1.29, 1.82) is 5.26 Å². The lowest BCUT2D eigenvalue weighted by molar-refractivity contribution is -0.116. The Morgan fingerprint density at radius 2 is 1.81 bits per heavy atom. The van der Waals surface area contributed by atoms with E-state index in [2.05, 4.69) is 11.1 Å². The van der Waals surface area contributed by atoms with Gasteiger partial charge in [-0.3, -0.25) is 9.79 Å². The van der Waals surface area contributed by atoms with Crippen molar-refractivity contribution in [2.45, 2.75) is 31.6 Å². The molecule has 2 aromatic rings. The Morgan fingerprint density at radius 3 is 2.52 bits per heavy atom. The minimum Gasteiger partial charge on any atom is -0.294 e. The van der Waals surface area contributed by atoms with Gasteiger partial charge in [-0.15, -0.1) is 0 Å². The van der Waals surface area contributed by atoms with E-state index in [1.165, 1.54) is 12.1 Å². The Bertz CT molecular complexity index is 1000. The zero-order valence-corrected chi connectivity index (χ0v) is 15.0. The van der Waals surface area contributed by atoms with E-state index in [4.69, 9.17) is 0 Å². The SMILES string of the molecule is CC1=NC2=C(C(=O)C[C@H](c3ccccc3)C2)[C@@H](c2cccc(F)c2)C1C#N. The maximum absolute atomic E-state index is 13.8. The van der Waals surface area contributed by atoms with Crippen molar-refractivity contribution in [1.82, 2.24) is 0 Å². The molecule has 4 rings (SSSR count). The van der Waals surface area contributed by atoms with Crippen LogP contribution in [0.1, 0.15) is 42.7 Å². The molecule has 0 radical (unpaired) electrons. The van der Waals surface area contributed by atoms with Crippen molar-refractivity contribution in [3.05, 3.63) is 82.8 Å². The summed E-state index contributed by atoms with van der Waals surface area (Å²) >= 11 is 0. The number of ketones is 1. The number of aliphatic imine (C=N–C) groups is 1. The summed E-state index contributed by atoms with van der Waals surface area (Å²) in [7, 11) is 0. The van der Waals surface area contributed by atoms with E-state index in [0.717, 1.165) is 11.3 Å². The van der Waals surface area contributed by atoms with Crippen molar-refractivity contribution < 1.29 is 9.18 Å². The molecule has 1 unspecified atom stereocenters. The van der Waals surface area contributed by atoms with E-state index in [1.807, 2.05) is 37.3 Å². The number of hydrogen-bond donors (Lipinski definition) is 0. The molecular formula is C23H19FN2O. The molecule has 0 N–H and O–H groups in total. The van der Waals surface area contributed by atoms with Gasteiger partial charge >= 0.3 is 0 Å². The maximum atomic E-state index is 13.8. The summed E-state index contributed by atoms with van der Waals surface area (Å²) in [6.07, 6.45) is 1.05. The van der Waals surface area contributed by atoms with E-state index in [9.17, 15) is 14.4 Å². The average Bonchev–Trinajstić information content (AvgIpc) is 2.67. The highest BCUT2D eigenvalue weighted by Gasteiger charge is 2.41. The number of carbonyl (C=O) groups excluding carboxylic acids is 1. The van der Waals surface area contributed by atoms with Crippen LogP contribution in [-0.2, 0) is 4.79 Å². The van der Waals surface area contributed by atoms with Gasteiger partial charge in [-0.2, -0.15) is 5.26 Å². The fourth-order valence-corrected chi connectivity index (χ4v) is 4.25. The molecule has 0 aromatic heterocycles. The number of halogens is 1. The van der Waals surface area contributed by atoms with Crippen molar-refractivity contribution >= 4 is 11.5 Å². The zero-order valence-electron chi connectivity index (χ0n) is 15.0. The minimum atomic E-state index is -0.553. The molecule has 0 saturated carbocycles. The molecule has 27 heavy (non-hydrogen) atoms. The topological polar surface area (TPSA) is 53.2 Å². The van der Waals surface area contributed by atoms with Crippen LogP contribution in [-0.4, -0.2) is 11.5 Å². The lowest BCUT2D eigenvalue weighted by atomic mass is 9.69. The first-order valence-corrected chi connectivity index (χ1v) is 9.10. The van der Waals surface area contributed by atoms with Crippen LogP contribution in [0, 0.1) is 23.1 Å². The molecule has 0 amide bonds. The quantitative estimate of drug-likeness (QED) is 0.765. The van der Waals surface area contributed by atoms with Gasteiger partial charge in [0.05, 0.1) is 12.0 Å². The lowest BCUT2D eigenvalue weighted by Crippen LogP contribution is -2.32. The fourth-order valence-electron chi connectivity index (χ4n) is 4.25. The largest absolute Gasteiger partial charge is 0.294 e. The highest BCUT2D eigenvalue weighted by atomic mass is 19.1. The zero-order chi connectivity index (χ0) is 19.0. The molecule has 0 spiro atoms. The van der Waals surface area contributed by atoms with Gasteiger partial charge in [-0.05, 0) is 42.5 Å². The van der Waals surface area contributed by atoms with E-state index in [1.54, 1.807) is 12.1 Å². The molecule has 0 bridgehead atoms. The second-order valence-corrected chi connectivity index (χ2v) is 7.19. The number of hydrogen-bond acceptors (Lipinski definition) is 3. The summed E-state index contributed by atoms with van der Waals surface area (Å²) in [4.78, 5) is 17.8. The van der Waals surface area contributed by atoms with Gasteiger partial charge in [0.25, 0.3) is 0 Å². The van der Waals surface area contributed by atoms with Crippen LogP contribution in [0.2, 0.25) is 0 Å². The Balaban J connectivity index is 1.81. The third-order valence-electron chi connectivity index (χ3n) is 5.51. The smallest absolute Gasteiger partial charge is 0.161 e. The number of rotatable bonds is 2. The third kappa shape index (κ3) is 3.10. The van der Waals surface area contributed by atoms with Gasteiger partial charge in [-0.25, -0.2) is 4.39 Å². The molecule has 0 saturated heterocycles. The summed E-state index contributed by atoms with van der Waals surface area (Å²) < 4.78 is 13.8. The number of nitrogens with zero attached hydrogens (tertiary/aromatic N) is 2. The number of allylic oxidation sites excluding steroid dienone is 2. The molecule has 2 aliphatic rings. The van der Waals surface area contributed by atoms with Gasteiger partial charge in [0, 0.05) is 29.3 Å². The van der Waals surface area contributed by atoms with Gasteiger partial charge < -0.3 is 0 Å². The van der Waals surface area contributed by atoms with Crippen LogP contribution < -0.4 is 0 Å². The van der Waals surface area contributed by atoms with E-state index in [-0.39, 0.29) is 17.5 Å². The normalized spacial score (nSPS) is 24.9. The molecule has 134 valence electrons. The monoisotopic (exact) mass is 358 g/mol. The second kappa shape index (κ2) is 6.92. The molecule has 1 aliphatic heterocycles. The summed E-state index contributed by atoms with van der Waals surface area (Å²) in [5.74, 6) is -1.28. The minimum absolute atomic E-state index is 0.0101. The summed E-state index contributed by atoms with van der Waals surface area (Å²) in [5.41, 5.74) is 3.81. The maximum Gasteiger partial charge on any atom is 0.161 e. The van der Waals surface area contributed by atoms with Crippen molar-refractivity contribution in [2.24, 2.45) is 10.9 Å². The van der Waals surface area contributed by atoms with E-state index in [0.29, 0.717) is 29.7 Å². The van der Waals surface area contributed by atoms with Crippen LogP contribution in [0.25, 0.3) is 0 Å². The van der Waals surface area contributed by atoms with Crippen molar-refractivity contribution in [3.8, 4) is 6.07 Å². The lowest BCUT2D eigenvalue weighted by Gasteiger charge is -2.35. The van der Waals surface area contributed by atoms with Crippen LogP contribution in [0.5, 0.6) is 0 Å². The molecule has 3 nitrogen and oxygen atoms in total. The molecule has 3 atom stereocenters. The van der Waals surface area contributed by atoms with E-state index < -0.39 is 11.8 Å². The van der Waals surface area contributed by atoms with E-state index >= 15 is 0 Å². The summed E-state index contributed by atoms with van der Waals surface area (Å²) in [6.45, 7) is 1.82. The van der Waals surface area contributed by atoms with Crippen molar-refractivity contribution in [2.75, 3.05) is 0 Å². The van der Waals surface area contributed by atoms with Crippen LogP contribution in [0.3, 0.4) is 0 Å². The second-order valence-electron chi connectivity index (χ2n) is 7.19. The van der Waals surface area contributed by atoms with Gasteiger partial charge in [0.2, 0.25) is 0 Å². The Kier molecular flexibility index (Phi) is 4.45. The first-order valence-electron chi connectivity index (χ1n) is 9.10. The first kappa shape index (κ1) is 17.4. The molecule has 2 aromatic carbocycles. The summed E-state index contributed by atoms with van der Waals surface area (Å²) in [5, 5.41) is 9.71. The Labute approximate surface area is 157 Å². The predicted molar refractivity (Wildman–Crippen MR) is 102 cm³/mol. The first-order chi connectivity index (χ1) is 13.1. The number of carbonyl (C=O) groups is 1. The molecule has 0 fully saturated rings. The van der Waals surface area contributed by atoms with Crippen LogP contribution in [0.4, 0.5) is 4.39 Å². The standard InChI is InChI=1S/C23H19FN2O/c1-14-19(13-25)22(16-8-5-9-18(24)10-16)23-20(26-14)11-17(12-21(23)27)15-6-3-2-4-7-15/h2-10,17,19,22H,11-12H2,1H3/t17-,19?,22+/m1/s1. The Hall–Kier alpha value is -3.06. The van der Waals surface area contributed by atoms with Gasteiger partial charge in [0.1, 0.15) is 5.82 Å². The van der Waals surface area contributed by atoms with Crippen LogP contribution in [0.15, 0.2) is 70.9 Å². The van der Waals surface area contributed by atoms with Gasteiger partial charge in [-0.1, -0.05) is 42.5 Å². The number of nitriles is 1. The Morgan fingerprint density at radius 1 is 1.07 bits per heavy atom. The van der Waals surface area contributed by atoms with Crippen molar-refractivity contribution in [3.63, 3.8) is 0 Å². The summed E-state index contributed by atoms with van der Waals surface area (Å²) in [6, 6.07) is 18.5. The molecule has 4 heteroatoms. The number of benzene rings is 2.